The molecule has 0 N–H and O–H groups in total. The van der Waals surface area contributed by atoms with Gasteiger partial charge in [0.05, 0.1) is 6.10 Å². The fourth-order valence-electron chi connectivity index (χ4n) is 2.91. The number of hydrogen-bond acceptors (Lipinski definition) is 1. The Kier molecular flexibility index (Phi) is 7.81. The van der Waals surface area contributed by atoms with Crippen LogP contribution in [0.25, 0.3) is 0 Å². The molecule has 1 aromatic rings. The van der Waals surface area contributed by atoms with Gasteiger partial charge in [-0.15, -0.1) is 5.46 Å². The fraction of sp³-hybridized carbons (Fsp3) is 0.600. The summed E-state index contributed by atoms with van der Waals surface area (Å²) in [5, 5.41) is 0. The Morgan fingerprint density at radius 1 is 1.24 bits per heavy atom. The topological polar surface area (TPSA) is 9.23 Å². The number of rotatable bonds is 4. The van der Waals surface area contributed by atoms with E-state index in [1.165, 1.54) is 18.6 Å². The molecule has 0 aromatic heterocycles. The van der Waals surface area contributed by atoms with Crippen molar-refractivity contribution in [3.8, 4) is 5.75 Å². The third kappa shape index (κ3) is 5.57. The first-order valence-corrected chi connectivity index (χ1v) is 7.37. The third-order valence-corrected chi connectivity index (χ3v) is 4.18. The summed E-state index contributed by atoms with van der Waals surface area (Å²) in [5.74, 6) is 1.28. The molecule has 112 valence electrons. The molecule has 1 aliphatic carbocycles. The first kappa shape index (κ1) is 19.6. The largest absolute Gasteiger partial charge is 1.00 e. The summed E-state index contributed by atoms with van der Waals surface area (Å²) in [6, 6.07) is 3.79. The van der Waals surface area contributed by atoms with Crippen LogP contribution in [0, 0.1) is 12.8 Å². The molecule has 1 aliphatic rings. The van der Waals surface area contributed by atoms with E-state index in [1.807, 2.05) is 0 Å². The second-order valence-electron chi connectivity index (χ2n) is 5.78. The number of hydrogen-bond donors (Lipinski definition) is 0. The predicted molar refractivity (Wildman–Crippen MR) is 76.6 cm³/mol. The van der Waals surface area contributed by atoms with Gasteiger partial charge in [0.1, 0.15) is 5.75 Å². The SMILES string of the molecule is CCC1CCCC(Oc2ccc([B-](F)(F)F)cc2C)C1.[K+]. The van der Waals surface area contributed by atoms with Crippen molar-refractivity contribution in [3.05, 3.63) is 23.8 Å². The van der Waals surface area contributed by atoms with Crippen molar-refractivity contribution in [2.24, 2.45) is 5.92 Å². The first-order chi connectivity index (χ1) is 9.40. The molecule has 21 heavy (non-hydrogen) atoms. The zero-order chi connectivity index (χ0) is 14.8. The van der Waals surface area contributed by atoms with E-state index < -0.39 is 12.4 Å². The summed E-state index contributed by atoms with van der Waals surface area (Å²) in [5.41, 5.74) is 0.0188. The maximum atomic E-state index is 12.7. The molecule has 0 bridgehead atoms. The normalized spacial score (nSPS) is 22.5. The fourth-order valence-corrected chi connectivity index (χ4v) is 2.91. The van der Waals surface area contributed by atoms with Crippen LogP contribution in [0.4, 0.5) is 12.9 Å². The van der Waals surface area contributed by atoms with E-state index in [0.717, 1.165) is 31.7 Å². The van der Waals surface area contributed by atoms with Crippen LogP contribution in [0.5, 0.6) is 5.75 Å². The van der Waals surface area contributed by atoms with Crippen LogP contribution < -0.4 is 61.6 Å². The van der Waals surface area contributed by atoms with E-state index in [1.54, 1.807) is 6.92 Å². The van der Waals surface area contributed by atoms with Gasteiger partial charge in [0, 0.05) is 0 Å². The van der Waals surface area contributed by atoms with Gasteiger partial charge in [-0.2, -0.15) is 0 Å². The quantitative estimate of drug-likeness (QED) is 0.761. The molecule has 2 rings (SSSR count). The Morgan fingerprint density at radius 2 is 1.95 bits per heavy atom. The summed E-state index contributed by atoms with van der Waals surface area (Å²) in [6.07, 6.45) is 5.70. The molecule has 0 radical (unpaired) electrons. The van der Waals surface area contributed by atoms with Crippen LogP contribution in [-0.4, -0.2) is 13.1 Å². The predicted octanol–water partition coefficient (Wildman–Crippen LogP) is 1.40. The summed E-state index contributed by atoms with van der Waals surface area (Å²) in [7, 11) is 0. The van der Waals surface area contributed by atoms with Crippen LogP contribution in [0.1, 0.15) is 44.6 Å². The minimum absolute atomic E-state index is 0. The molecular weight excluding hydrogens is 303 g/mol. The first-order valence-electron chi connectivity index (χ1n) is 7.37. The molecule has 6 heteroatoms. The van der Waals surface area contributed by atoms with Gasteiger partial charge in [-0.3, -0.25) is 0 Å². The average molecular weight is 324 g/mol. The van der Waals surface area contributed by atoms with E-state index in [0.29, 0.717) is 17.2 Å². The van der Waals surface area contributed by atoms with Crippen molar-refractivity contribution < 1.29 is 69.1 Å². The molecule has 1 nitrogen and oxygen atoms in total. The summed E-state index contributed by atoms with van der Waals surface area (Å²) in [6.45, 7) is -1.07. The Morgan fingerprint density at radius 3 is 2.52 bits per heavy atom. The average Bonchev–Trinajstić information content (AvgIpc) is 2.40. The Hall–Kier alpha value is 0.511. The zero-order valence-corrected chi connectivity index (χ0v) is 16.2. The number of halogens is 3. The van der Waals surface area contributed by atoms with Crippen LogP contribution in [-0.2, 0) is 0 Å². The second kappa shape index (κ2) is 8.39. The zero-order valence-electron chi connectivity index (χ0n) is 13.0. The van der Waals surface area contributed by atoms with Crippen molar-refractivity contribution in [2.45, 2.75) is 52.1 Å². The van der Waals surface area contributed by atoms with E-state index in [2.05, 4.69) is 6.92 Å². The van der Waals surface area contributed by atoms with Crippen LogP contribution in [0.15, 0.2) is 18.2 Å². The Balaban J connectivity index is 0.00000220. The van der Waals surface area contributed by atoms with Gasteiger partial charge < -0.3 is 17.7 Å². The van der Waals surface area contributed by atoms with Crippen LogP contribution >= 0.6 is 0 Å². The molecule has 0 aliphatic heterocycles. The van der Waals surface area contributed by atoms with Gasteiger partial charge in [-0.1, -0.05) is 31.9 Å². The van der Waals surface area contributed by atoms with Crippen molar-refractivity contribution in [3.63, 3.8) is 0 Å². The van der Waals surface area contributed by atoms with Gasteiger partial charge in [0.15, 0.2) is 0 Å². The molecule has 2 atom stereocenters. The molecule has 0 spiro atoms. The Labute approximate surface area is 167 Å². The molecule has 0 amide bonds. The minimum Gasteiger partial charge on any atom is -0.490 e. The minimum atomic E-state index is -4.93. The van der Waals surface area contributed by atoms with Crippen molar-refractivity contribution in [1.82, 2.24) is 0 Å². The van der Waals surface area contributed by atoms with E-state index in [4.69, 9.17) is 4.74 Å². The standard InChI is InChI=1S/C15H21BF3O.K/c1-3-12-5-4-6-14(10-12)20-15-8-7-13(9-11(15)2)16(17,18)19;/h7-9,12,14H,3-6,10H2,1-2H3;/q-1;+1. The van der Waals surface area contributed by atoms with E-state index in [9.17, 15) is 12.9 Å². The molecule has 0 heterocycles. The second-order valence-corrected chi connectivity index (χ2v) is 5.78. The molecule has 2 unspecified atom stereocenters. The van der Waals surface area contributed by atoms with Gasteiger partial charge in [0.2, 0.25) is 0 Å². The third-order valence-electron chi connectivity index (χ3n) is 4.18. The maximum absolute atomic E-state index is 12.7. The summed E-state index contributed by atoms with van der Waals surface area (Å²) < 4.78 is 44.0. The van der Waals surface area contributed by atoms with Crippen molar-refractivity contribution >= 4 is 12.4 Å². The monoisotopic (exact) mass is 324 g/mol. The molecular formula is C15H21BF3KO. The van der Waals surface area contributed by atoms with Crippen molar-refractivity contribution in [1.29, 1.82) is 0 Å². The molecule has 1 saturated carbocycles. The Bertz CT molecular complexity index is 465. The van der Waals surface area contributed by atoms with Crippen LogP contribution in [0.3, 0.4) is 0 Å². The summed E-state index contributed by atoms with van der Waals surface area (Å²) >= 11 is 0. The smallest absolute Gasteiger partial charge is 0.490 e. The number of benzene rings is 1. The molecule has 1 aromatic carbocycles. The van der Waals surface area contributed by atoms with Crippen LogP contribution in [0.2, 0.25) is 0 Å². The van der Waals surface area contributed by atoms with Gasteiger partial charge in [-0.25, -0.2) is 0 Å². The maximum Gasteiger partial charge on any atom is 1.00 e. The molecule has 1 fully saturated rings. The number of aryl methyl sites for hydroxylation is 1. The van der Waals surface area contributed by atoms with Crippen molar-refractivity contribution in [2.75, 3.05) is 0 Å². The van der Waals surface area contributed by atoms with Gasteiger partial charge in [-0.05, 0) is 43.7 Å². The van der Waals surface area contributed by atoms with E-state index in [-0.39, 0.29) is 57.5 Å². The summed E-state index contributed by atoms with van der Waals surface area (Å²) in [4.78, 5) is 0. The number of ether oxygens (including phenoxy) is 1. The molecule has 0 saturated heterocycles. The van der Waals surface area contributed by atoms with Gasteiger partial charge in [0.25, 0.3) is 0 Å². The van der Waals surface area contributed by atoms with Gasteiger partial charge >= 0.3 is 58.4 Å². The van der Waals surface area contributed by atoms with E-state index >= 15 is 0 Å².